The van der Waals surface area contributed by atoms with Crippen LogP contribution in [0.2, 0.25) is 0 Å². The Morgan fingerprint density at radius 3 is 2.59 bits per heavy atom. The highest BCUT2D eigenvalue weighted by Crippen LogP contribution is 2.18. The summed E-state index contributed by atoms with van der Waals surface area (Å²) in [7, 11) is 0. The van der Waals surface area contributed by atoms with Crippen LogP contribution in [0.25, 0.3) is 0 Å². The monoisotopic (exact) mass is 238 g/mol. The Kier molecular flexibility index (Phi) is 5.73. The van der Waals surface area contributed by atoms with Crippen molar-refractivity contribution in [2.45, 2.75) is 32.6 Å². The van der Waals surface area contributed by atoms with Gasteiger partial charge in [0.2, 0.25) is 11.8 Å². The van der Waals surface area contributed by atoms with Gasteiger partial charge in [-0.05, 0) is 19.3 Å². The van der Waals surface area contributed by atoms with Crippen molar-refractivity contribution < 1.29 is 9.59 Å². The number of rotatable bonds is 5. The minimum Gasteiger partial charge on any atom is -0.352 e. The fraction of sp³-hybridized carbons (Fsp3) is 0.692. The van der Waals surface area contributed by atoms with E-state index in [0.717, 1.165) is 19.3 Å². The Morgan fingerprint density at radius 2 is 2.06 bits per heavy atom. The fourth-order valence-electron chi connectivity index (χ4n) is 2.08. The van der Waals surface area contributed by atoms with Crippen molar-refractivity contribution in [3.63, 3.8) is 0 Å². The first-order valence-electron chi connectivity index (χ1n) is 6.35. The predicted octanol–water partition coefficient (Wildman–Crippen LogP) is 1.33. The van der Waals surface area contributed by atoms with E-state index in [9.17, 15) is 9.59 Å². The van der Waals surface area contributed by atoms with E-state index in [2.05, 4.69) is 11.9 Å². The van der Waals surface area contributed by atoms with Crippen molar-refractivity contribution in [2.75, 3.05) is 19.6 Å². The van der Waals surface area contributed by atoms with Crippen LogP contribution in [0.15, 0.2) is 12.7 Å². The van der Waals surface area contributed by atoms with Gasteiger partial charge in [0.25, 0.3) is 0 Å². The number of hydrogen-bond donors (Lipinski definition) is 1. The van der Waals surface area contributed by atoms with E-state index in [1.807, 2.05) is 11.8 Å². The van der Waals surface area contributed by atoms with Gasteiger partial charge in [0.1, 0.15) is 0 Å². The van der Waals surface area contributed by atoms with E-state index >= 15 is 0 Å². The second-order valence-corrected chi connectivity index (χ2v) is 4.44. The Labute approximate surface area is 103 Å². The van der Waals surface area contributed by atoms with E-state index in [4.69, 9.17) is 0 Å². The summed E-state index contributed by atoms with van der Waals surface area (Å²) in [6.45, 7) is 7.52. The maximum atomic E-state index is 11.7. The number of hydrogen-bond acceptors (Lipinski definition) is 2. The van der Waals surface area contributed by atoms with Crippen LogP contribution in [0.1, 0.15) is 32.6 Å². The summed E-state index contributed by atoms with van der Waals surface area (Å²) >= 11 is 0. The van der Waals surface area contributed by atoms with Crippen LogP contribution < -0.4 is 5.32 Å². The summed E-state index contributed by atoms with van der Waals surface area (Å²) < 4.78 is 0. The molecule has 0 aromatic rings. The highest BCUT2D eigenvalue weighted by atomic mass is 16.2. The maximum Gasteiger partial charge on any atom is 0.223 e. The third kappa shape index (κ3) is 4.21. The quantitative estimate of drug-likeness (QED) is 0.735. The summed E-state index contributed by atoms with van der Waals surface area (Å²) in [5.41, 5.74) is 0. The number of likely N-dealkylation sites (tertiary alicyclic amines) is 1. The van der Waals surface area contributed by atoms with Crippen LogP contribution in [-0.4, -0.2) is 36.3 Å². The van der Waals surface area contributed by atoms with Crippen LogP contribution >= 0.6 is 0 Å². The minimum atomic E-state index is 0.0561. The SMILES string of the molecule is C=CCNC(=O)C1CCN(C(=O)CCC)CC1. The molecule has 0 aromatic heterocycles. The lowest BCUT2D eigenvalue weighted by atomic mass is 9.95. The number of carbonyl (C=O) groups is 2. The standard InChI is InChI=1S/C13H22N2O2/c1-3-5-12(16)15-9-6-11(7-10-15)13(17)14-8-4-2/h4,11H,2-3,5-10H2,1H3,(H,14,17). The first-order chi connectivity index (χ1) is 8.19. The third-order valence-corrected chi connectivity index (χ3v) is 3.10. The Hall–Kier alpha value is -1.32. The van der Waals surface area contributed by atoms with Gasteiger partial charge in [0.05, 0.1) is 0 Å². The first kappa shape index (κ1) is 13.7. The predicted molar refractivity (Wildman–Crippen MR) is 67.4 cm³/mol. The lowest BCUT2D eigenvalue weighted by Gasteiger charge is -2.31. The molecule has 96 valence electrons. The van der Waals surface area contributed by atoms with Crippen molar-refractivity contribution >= 4 is 11.8 Å². The Bertz CT molecular complexity index is 281. The van der Waals surface area contributed by atoms with Gasteiger partial charge in [-0.25, -0.2) is 0 Å². The van der Waals surface area contributed by atoms with Crippen molar-refractivity contribution in [3.8, 4) is 0 Å². The summed E-state index contributed by atoms with van der Waals surface area (Å²) in [6.07, 6.45) is 4.74. The molecule has 0 unspecified atom stereocenters. The van der Waals surface area contributed by atoms with Crippen molar-refractivity contribution in [1.29, 1.82) is 0 Å². The molecule has 0 saturated carbocycles. The molecule has 0 radical (unpaired) electrons. The molecule has 4 heteroatoms. The van der Waals surface area contributed by atoms with Crippen LogP contribution in [0, 0.1) is 5.92 Å². The number of carbonyl (C=O) groups excluding carboxylic acids is 2. The molecule has 1 aliphatic rings. The van der Waals surface area contributed by atoms with Gasteiger partial charge >= 0.3 is 0 Å². The number of nitrogens with zero attached hydrogens (tertiary/aromatic N) is 1. The van der Waals surface area contributed by atoms with E-state index < -0.39 is 0 Å². The van der Waals surface area contributed by atoms with Crippen LogP contribution in [0.5, 0.6) is 0 Å². The Balaban J connectivity index is 2.32. The molecule has 0 bridgehead atoms. The van der Waals surface area contributed by atoms with Crippen molar-refractivity contribution in [1.82, 2.24) is 10.2 Å². The molecule has 0 spiro atoms. The molecule has 2 amide bonds. The smallest absolute Gasteiger partial charge is 0.223 e. The van der Waals surface area contributed by atoms with Gasteiger partial charge in [0, 0.05) is 32.0 Å². The average molecular weight is 238 g/mol. The highest BCUT2D eigenvalue weighted by Gasteiger charge is 2.26. The van der Waals surface area contributed by atoms with Gasteiger partial charge < -0.3 is 10.2 Å². The van der Waals surface area contributed by atoms with E-state index in [1.165, 1.54) is 0 Å². The summed E-state index contributed by atoms with van der Waals surface area (Å²) in [5, 5.41) is 2.81. The minimum absolute atomic E-state index is 0.0561. The summed E-state index contributed by atoms with van der Waals surface area (Å²) in [6, 6.07) is 0. The van der Waals surface area contributed by atoms with Gasteiger partial charge in [-0.2, -0.15) is 0 Å². The average Bonchev–Trinajstić information content (AvgIpc) is 2.36. The molecular weight excluding hydrogens is 216 g/mol. The molecule has 1 N–H and O–H groups in total. The molecule has 0 aromatic carbocycles. The molecule has 0 atom stereocenters. The van der Waals surface area contributed by atoms with E-state index in [-0.39, 0.29) is 17.7 Å². The normalized spacial score (nSPS) is 16.6. The van der Waals surface area contributed by atoms with E-state index in [0.29, 0.717) is 26.1 Å². The second-order valence-electron chi connectivity index (χ2n) is 4.44. The van der Waals surface area contributed by atoms with Crippen molar-refractivity contribution in [2.24, 2.45) is 5.92 Å². The Morgan fingerprint density at radius 1 is 1.41 bits per heavy atom. The number of piperidine rings is 1. The third-order valence-electron chi connectivity index (χ3n) is 3.10. The van der Waals surface area contributed by atoms with Gasteiger partial charge in [0.15, 0.2) is 0 Å². The van der Waals surface area contributed by atoms with Gasteiger partial charge in [-0.1, -0.05) is 13.0 Å². The van der Waals surface area contributed by atoms with Crippen LogP contribution in [0.3, 0.4) is 0 Å². The molecule has 0 aliphatic carbocycles. The number of nitrogens with one attached hydrogen (secondary N) is 1. The van der Waals surface area contributed by atoms with E-state index in [1.54, 1.807) is 6.08 Å². The molecule has 1 heterocycles. The lowest BCUT2D eigenvalue weighted by Crippen LogP contribution is -2.43. The van der Waals surface area contributed by atoms with Gasteiger partial charge in [-0.15, -0.1) is 6.58 Å². The highest BCUT2D eigenvalue weighted by molar-refractivity contribution is 5.80. The van der Waals surface area contributed by atoms with Crippen LogP contribution in [-0.2, 0) is 9.59 Å². The number of amides is 2. The van der Waals surface area contributed by atoms with Crippen molar-refractivity contribution in [3.05, 3.63) is 12.7 Å². The fourth-order valence-corrected chi connectivity index (χ4v) is 2.08. The zero-order chi connectivity index (χ0) is 12.7. The zero-order valence-electron chi connectivity index (χ0n) is 10.6. The summed E-state index contributed by atoms with van der Waals surface area (Å²) in [5.74, 6) is 0.366. The lowest BCUT2D eigenvalue weighted by molar-refractivity contribution is -0.135. The molecule has 17 heavy (non-hydrogen) atoms. The van der Waals surface area contributed by atoms with Crippen LogP contribution in [0.4, 0.5) is 0 Å². The second kappa shape index (κ2) is 7.09. The molecular formula is C13H22N2O2. The molecule has 1 saturated heterocycles. The molecule has 1 fully saturated rings. The zero-order valence-corrected chi connectivity index (χ0v) is 10.6. The van der Waals surface area contributed by atoms with Gasteiger partial charge in [-0.3, -0.25) is 9.59 Å². The summed E-state index contributed by atoms with van der Waals surface area (Å²) in [4.78, 5) is 25.2. The largest absolute Gasteiger partial charge is 0.352 e. The molecule has 1 aliphatic heterocycles. The molecule has 1 rings (SSSR count). The molecule has 4 nitrogen and oxygen atoms in total. The topological polar surface area (TPSA) is 49.4 Å². The first-order valence-corrected chi connectivity index (χ1v) is 6.35. The maximum absolute atomic E-state index is 11.7.